The van der Waals surface area contributed by atoms with Crippen molar-refractivity contribution in [2.75, 3.05) is 11.5 Å². The molecule has 0 aliphatic carbocycles. The first-order chi connectivity index (χ1) is 14.9. The van der Waals surface area contributed by atoms with E-state index in [-0.39, 0.29) is 21.1 Å². The number of hydroxylamine groups is 2. The van der Waals surface area contributed by atoms with E-state index in [0.29, 0.717) is 22.5 Å². The van der Waals surface area contributed by atoms with Gasteiger partial charge in [-0.2, -0.15) is 0 Å². The summed E-state index contributed by atoms with van der Waals surface area (Å²) in [5, 5.41) is 16.5. The standard InChI is InChI=1S/2C7H8N2O2.2C4H9.Sn/c2*8-6-3-1-5(2-4-6)7(10)9-11;2*1-3-4-2;/h2*1-4,11H,8H2,(H,9,10);2*1,3-4H2,2H3;. The third kappa shape index (κ3) is 14.4. The number of carbonyl (C=O) groups excluding carboxylic acids is 2. The smallest absolute Gasteiger partial charge is 0.274 e. The number of anilines is 2. The van der Waals surface area contributed by atoms with Gasteiger partial charge in [0.25, 0.3) is 11.8 Å². The van der Waals surface area contributed by atoms with Gasteiger partial charge in [-0.25, -0.2) is 11.0 Å². The number of hydrogen-bond donors (Lipinski definition) is 6. The quantitative estimate of drug-likeness (QED) is 0.0989. The van der Waals surface area contributed by atoms with Crippen molar-refractivity contribution < 1.29 is 20.0 Å². The first kappa shape index (κ1) is 28.7. The Morgan fingerprint density at radius 2 is 1.06 bits per heavy atom. The van der Waals surface area contributed by atoms with Crippen LogP contribution >= 0.6 is 0 Å². The monoisotopic (exact) mass is 538 g/mol. The summed E-state index contributed by atoms with van der Waals surface area (Å²) in [5.74, 6) is -1.07. The molecule has 170 valence electrons. The number of hydrogen-bond acceptors (Lipinski definition) is 6. The molecular weight excluding hydrogens is 503 g/mol. The molecule has 0 saturated carbocycles. The molecule has 2 aromatic rings. The summed E-state index contributed by atoms with van der Waals surface area (Å²) >= 11 is 0.149. The van der Waals surface area contributed by atoms with Crippen LogP contribution in [0.25, 0.3) is 0 Å². The van der Waals surface area contributed by atoms with Gasteiger partial charge in [-0.15, -0.1) is 0 Å². The van der Waals surface area contributed by atoms with Gasteiger partial charge < -0.3 is 11.5 Å². The Labute approximate surface area is 194 Å². The van der Waals surface area contributed by atoms with Crippen molar-refractivity contribution in [2.24, 2.45) is 0 Å². The zero-order valence-electron chi connectivity index (χ0n) is 18.2. The van der Waals surface area contributed by atoms with Gasteiger partial charge in [0.2, 0.25) is 0 Å². The second kappa shape index (κ2) is 18.5. The molecule has 2 rings (SSSR count). The van der Waals surface area contributed by atoms with Gasteiger partial charge in [-0.3, -0.25) is 20.0 Å². The van der Waals surface area contributed by atoms with Crippen molar-refractivity contribution in [3.8, 4) is 0 Å². The van der Waals surface area contributed by atoms with Crippen molar-refractivity contribution >= 4 is 44.3 Å². The third-order valence-electron chi connectivity index (χ3n) is 3.96. The first-order valence-electron chi connectivity index (χ1n) is 10.2. The van der Waals surface area contributed by atoms with Crippen LogP contribution in [-0.2, 0) is 0 Å². The molecule has 0 heterocycles. The Balaban J connectivity index is 0.000000439. The molecule has 0 unspecified atom stereocenters. The molecule has 0 atom stereocenters. The predicted octanol–water partition coefficient (Wildman–Crippen LogP) is 3.90. The zero-order valence-corrected chi connectivity index (χ0v) is 21.1. The van der Waals surface area contributed by atoms with E-state index in [0.717, 1.165) is 0 Å². The van der Waals surface area contributed by atoms with Gasteiger partial charge in [-0.1, -0.05) is 0 Å². The van der Waals surface area contributed by atoms with Crippen molar-refractivity contribution in [2.45, 2.75) is 48.4 Å². The van der Waals surface area contributed by atoms with Gasteiger partial charge in [-0.05, 0) is 48.5 Å². The summed E-state index contributed by atoms with van der Waals surface area (Å²) in [4.78, 5) is 21.4. The maximum atomic E-state index is 10.7. The zero-order chi connectivity index (χ0) is 23.5. The molecule has 0 spiro atoms. The van der Waals surface area contributed by atoms with E-state index in [1.54, 1.807) is 33.1 Å². The van der Waals surface area contributed by atoms with E-state index < -0.39 is 11.8 Å². The number of amides is 2. The van der Waals surface area contributed by atoms with Crippen LogP contribution in [0.1, 0.15) is 60.2 Å². The van der Waals surface area contributed by atoms with E-state index in [4.69, 9.17) is 21.9 Å². The maximum Gasteiger partial charge on any atom is 0.274 e. The van der Waals surface area contributed by atoms with Gasteiger partial charge in [0.15, 0.2) is 0 Å². The molecule has 31 heavy (non-hydrogen) atoms. The minimum atomic E-state index is -0.537. The summed E-state index contributed by atoms with van der Waals surface area (Å²) in [5.41, 5.74) is 15.7. The summed E-state index contributed by atoms with van der Waals surface area (Å²) < 4.78 is 3.25. The van der Waals surface area contributed by atoms with Crippen LogP contribution in [0.15, 0.2) is 48.5 Å². The van der Waals surface area contributed by atoms with Gasteiger partial charge in [0, 0.05) is 22.5 Å². The fraction of sp³-hybridized carbons (Fsp3) is 0.364. The van der Waals surface area contributed by atoms with E-state index in [2.05, 4.69) is 13.8 Å². The Morgan fingerprint density at radius 3 is 1.32 bits per heavy atom. The minimum Gasteiger partial charge on any atom is -0.399 e. The first-order valence-corrected chi connectivity index (χ1v) is 14.2. The fourth-order valence-corrected chi connectivity index (χ4v) is 6.29. The number of unbranched alkanes of at least 4 members (excludes halogenated alkanes) is 2. The Hall–Kier alpha value is -2.30. The summed E-state index contributed by atoms with van der Waals surface area (Å²) in [6.45, 7) is 4.58. The number of benzene rings is 2. The topological polar surface area (TPSA) is 151 Å². The summed E-state index contributed by atoms with van der Waals surface area (Å²) in [7, 11) is 0. The predicted molar refractivity (Wildman–Crippen MR) is 125 cm³/mol. The van der Waals surface area contributed by atoms with Crippen molar-refractivity contribution in [3.05, 3.63) is 59.7 Å². The second-order valence-corrected chi connectivity index (χ2v) is 10.9. The Morgan fingerprint density at radius 1 is 0.742 bits per heavy atom. The largest absolute Gasteiger partial charge is 0.399 e. The molecule has 0 aromatic heterocycles. The van der Waals surface area contributed by atoms with Crippen LogP contribution < -0.4 is 22.4 Å². The number of nitrogen functional groups attached to an aromatic ring is 2. The molecule has 0 aliphatic rings. The van der Waals surface area contributed by atoms with E-state index in [9.17, 15) is 9.59 Å². The third-order valence-corrected chi connectivity index (χ3v) is 8.00. The molecule has 0 fully saturated rings. The Bertz CT molecular complexity index is 677. The van der Waals surface area contributed by atoms with Crippen molar-refractivity contribution in [1.82, 2.24) is 11.0 Å². The van der Waals surface area contributed by atoms with Gasteiger partial charge in [0.1, 0.15) is 0 Å². The molecule has 0 bridgehead atoms. The average molecular weight is 537 g/mol. The van der Waals surface area contributed by atoms with Crippen LogP contribution in [0.3, 0.4) is 0 Å². The molecule has 0 aliphatic heterocycles. The van der Waals surface area contributed by atoms with Crippen molar-refractivity contribution in [3.63, 3.8) is 0 Å². The van der Waals surface area contributed by atoms with Crippen LogP contribution in [0.5, 0.6) is 0 Å². The van der Waals surface area contributed by atoms with E-state index >= 15 is 0 Å². The van der Waals surface area contributed by atoms with Crippen LogP contribution in [-0.4, -0.2) is 43.4 Å². The van der Waals surface area contributed by atoms with Crippen LogP contribution in [0.2, 0.25) is 8.87 Å². The summed E-state index contributed by atoms with van der Waals surface area (Å²) in [6, 6.07) is 12.5. The Kier molecular flexibility index (Phi) is 17.1. The normalized spacial score (nSPS) is 9.42. The minimum absolute atomic E-state index is 0.149. The van der Waals surface area contributed by atoms with Crippen LogP contribution in [0, 0.1) is 0 Å². The molecule has 2 aromatic carbocycles. The summed E-state index contributed by atoms with van der Waals surface area (Å²) in [6.07, 6.45) is 5.84. The second-order valence-electron chi connectivity index (χ2n) is 6.58. The number of nitrogens with one attached hydrogen (secondary N) is 2. The molecule has 9 heteroatoms. The van der Waals surface area contributed by atoms with E-state index in [1.807, 2.05) is 0 Å². The number of nitrogens with two attached hydrogens (primary N) is 2. The van der Waals surface area contributed by atoms with Gasteiger partial charge in [0.05, 0.1) is 0 Å². The molecule has 2 amide bonds. The number of rotatable bonds is 8. The SMILES string of the molecule is CCC[CH2][Sn][CH2]CCC.Nc1ccc(C(=O)NO)cc1.Nc1ccc(C(=O)NO)cc1. The van der Waals surface area contributed by atoms with Gasteiger partial charge >= 0.3 is 69.5 Å². The molecular formula is C22H34N4O4Sn. The maximum absolute atomic E-state index is 10.7. The average Bonchev–Trinajstić information content (AvgIpc) is 2.80. The fourth-order valence-electron chi connectivity index (χ4n) is 2.13. The molecule has 2 radical (unpaired) electrons. The number of carbonyl (C=O) groups is 2. The molecule has 0 saturated heterocycles. The molecule has 8 N–H and O–H groups in total. The van der Waals surface area contributed by atoms with Crippen molar-refractivity contribution in [1.29, 1.82) is 0 Å². The molecule has 8 nitrogen and oxygen atoms in total. The van der Waals surface area contributed by atoms with E-state index in [1.165, 1.54) is 60.9 Å². The van der Waals surface area contributed by atoms with Crippen LogP contribution in [0.4, 0.5) is 11.4 Å².